The SMILES string of the molecule is CC[C@H](C)c1ccc(NC(=O)CSc2nnc(CN3CCCCCC3=O)n2CC)cc1. The molecule has 1 fully saturated rings. The Kier molecular flexibility index (Phi) is 8.51. The van der Waals surface area contributed by atoms with Crippen molar-refractivity contribution in [1.82, 2.24) is 19.7 Å². The molecule has 1 aliphatic rings. The van der Waals surface area contributed by atoms with Crippen LogP contribution in [0.3, 0.4) is 0 Å². The largest absolute Gasteiger partial charge is 0.335 e. The van der Waals surface area contributed by atoms with Gasteiger partial charge in [-0.2, -0.15) is 0 Å². The Labute approximate surface area is 189 Å². The smallest absolute Gasteiger partial charge is 0.234 e. The molecule has 3 rings (SSSR count). The lowest BCUT2D eigenvalue weighted by Gasteiger charge is -2.20. The lowest BCUT2D eigenvalue weighted by molar-refractivity contribution is -0.131. The predicted octanol–water partition coefficient (Wildman–Crippen LogP) is 4.44. The summed E-state index contributed by atoms with van der Waals surface area (Å²) in [7, 11) is 0. The molecule has 0 aliphatic carbocycles. The summed E-state index contributed by atoms with van der Waals surface area (Å²) in [5, 5.41) is 12.2. The minimum absolute atomic E-state index is 0.0730. The summed E-state index contributed by atoms with van der Waals surface area (Å²) < 4.78 is 2.00. The van der Waals surface area contributed by atoms with Crippen molar-refractivity contribution >= 4 is 29.3 Å². The van der Waals surface area contributed by atoms with Crippen LogP contribution in [-0.2, 0) is 22.7 Å². The van der Waals surface area contributed by atoms with Crippen LogP contribution in [-0.4, -0.2) is 43.8 Å². The van der Waals surface area contributed by atoms with Crippen molar-refractivity contribution in [2.45, 2.75) is 77.0 Å². The summed E-state index contributed by atoms with van der Waals surface area (Å²) in [4.78, 5) is 26.6. The molecule has 0 unspecified atom stereocenters. The highest BCUT2D eigenvalue weighted by Gasteiger charge is 2.21. The van der Waals surface area contributed by atoms with Gasteiger partial charge in [0, 0.05) is 25.2 Å². The van der Waals surface area contributed by atoms with Crippen molar-refractivity contribution < 1.29 is 9.59 Å². The number of likely N-dealkylation sites (tertiary alicyclic amines) is 1. The summed E-state index contributed by atoms with van der Waals surface area (Å²) in [6.45, 7) is 8.35. The van der Waals surface area contributed by atoms with E-state index in [1.807, 2.05) is 28.5 Å². The third-order valence-corrected chi connectivity index (χ3v) is 6.79. The second kappa shape index (κ2) is 11.3. The van der Waals surface area contributed by atoms with Crippen LogP contribution in [0, 0.1) is 0 Å². The van der Waals surface area contributed by atoms with E-state index < -0.39 is 0 Å². The normalized spacial score (nSPS) is 15.6. The molecule has 0 spiro atoms. The molecule has 0 bridgehead atoms. The number of rotatable bonds is 9. The molecule has 1 aromatic carbocycles. The minimum Gasteiger partial charge on any atom is -0.335 e. The van der Waals surface area contributed by atoms with E-state index in [1.165, 1.54) is 17.3 Å². The number of anilines is 1. The molecule has 1 aromatic heterocycles. The zero-order valence-electron chi connectivity index (χ0n) is 18.8. The number of hydrogen-bond acceptors (Lipinski definition) is 5. The summed E-state index contributed by atoms with van der Waals surface area (Å²) in [6, 6.07) is 8.05. The van der Waals surface area contributed by atoms with Crippen LogP contribution in [0.5, 0.6) is 0 Å². The van der Waals surface area contributed by atoms with Gasteiger partial charge in [-0.1, -0.05) is 44.2 Å². The molecule has 31 heavy (non-hydrogen) atoms. The van der Waals surface area contributed by atoms with Crippen molar-refractivity contribution in [2.24, 2.45) is 0 Å². The van der Waals surface area contributed by atoms with Gasteiger partial charge >= 0.3 is 0 Å². The number of thioether (sulfide) groups is 1. The van der Waals surface area contributed by atoms with Gasteiger partial charge in [-0.15, -0.1) is 10.2 Å². The Morgan fingerprint density at radius 3 is 2.65 bits per heavy atom. The Hall–Kier alpha value is -2.35. The van der Waals surface area contributed by atoms with E-state index in [1.54, 1.807) is 0 Å². The van der Waals surface area contributed by atoms with Crippen molar-refractivity contribution in [2.75, 3.05) is 17.6 Å². The van der Waals surface area contributed by atoms with Crippen LogP contribution in [0.4, 0.5) is 5.69 Å². The van der Waals surface area contributed by atoms with Gasteiger partial charge < -0.3 is 14.8 Å². The van der Waals surface area contributed by atoms with Crippen LogP contribution in [0.2, 0.25) is 0 Å². The molecule has 1 N–H and O–H groups in total. The number of carbonyl (C=O) groups excluding carboxylic acids is 2. The van der Waals surface area contributed by atoms with Crippen LogP contribution in [0.1, 0.15) is 70.2 Å². The number of hydrogen-bond donors (Lipinski definition) is 1. The van der Waals surface area contributed by atoms with Crippen LogP contribution < -0.4 is 5.32 Å². The van der Waals surface area contributed by atoms with E-state index in [0.29, 0.717) is 30.6 Å². The minimum atomic E-state index is -0.0730. The fourth-order valence-corrected chi connectivity index (χ4v) is 4.52. The molecular formula is C23H33N5O2S. The first-order valence-electron chi connectivity index (χ1n) is 11.2. The van der Waals surface area contributed by atoms with Crippen molar-refractivity contribution in [3.8, 4) is 0 Å². The van der Waals surface area contributed by atoms with Crippen molar-refractivity contribution in [3.05, 3.63) is 35.7 Å². The molecule has 8 heteroatoms. The predicted molar refractivity (Wildman–Crippen MR) is 124 cm³/mol. The topological polar surface area (TPSA) is 80.1 Å². The third-order valence-electron chi connectivity index (χ3n) is 5.82. The number of aromatic nitrogens is 3. The summed E-state index contributed by atoms with van der Waals surface area (Å²) >= 11 is 1.37. The maximum absolute atomic E-state index is 12.4. The fourth-order valence-electron chi connectivity index (χ4n) is 3.69. The van der Waals surface area contributed by atoms with Gasteiger partial charge in [-0.05, 0) is 49.8 Å². The van der Waals surface area contributed by atoms with Gasteiger partial charge in [0.05, 0.1) is 12.3 Å². The molecule has 0 radical (unpaired) electrons. The van der Waals surface area contributed by atoms with Gasteiger partial charge in [0.25, 0.3) is 0 Å². The van der Waals surface area contributed by atoms with Gasteiger partial charge in [0.15, 0.2) is 11.0 Å². The van der Waals surface area contributed by atoms with Crippen molar-refractivity contribution in [3.63, 3.8) is 0 Å². The van der Waals surface area contributed by atoms with E-state index >= 15 is 0 Å². The first kappa shape index (κ1) is 23.3. The maximum Gasteiger partial charge on any atom is 0.234 e. The summed E-state index contributed by atoms with van der Waals surface area (Å²) in [5.41, 5.74) is 2.08. The average molecular weight is 444 g/mol. The van der Waals surface area contributed by atoms with Crippen molar-refractivity contribution in [1.29, 1.82) is 0 Å². The van der Waals surface area contributed by atoms with Gasteiger partial charge in [0.1, 0.15) is 0 Å². The first-order valence-corrected chi connectivity index (χ1v) is 12.2. The lowest BCUT2D eigenvalue weighted by atomic mass is 9.99. The highest BCUT2D eigenvalue weighted by atomic mass is 32.2. The molecule has 2 aromatic rings. The van der Waals surface area contributed by atoms with Crippen LogP contribution >= 0.6 is 11.8 Å². The number of amides is 2. The Bertz CT molecular complexity index is 881. The Morgan fingerprint density at radius 1 is 1.16 bits per heavy atom. The molecule has 1 saturated heterocycles. The molecule has 0 saturated carbocycles. The second-order valence-corrected chi connectivity index (χ2v) is 8.98. The number of nitrogens with zero attached hydrogens (tertiary/aromatic N) is 4. The molecular weight excluding hydrogens is 410 g/mol. The van der Waals surface area contributed by atoms with E-state index in [4.69, 9.17) is 0 Å². The lowest BCUT2D eigenvalue weighted by Crippen LogP contribution is -2.31. The highest BCUT2D eigenvalue weighted by molar-refractivity contribution is 7.99. The molecule has 2 amide bonds. The summed E-state index contributed by atoms with van der Waals surface area (Å²) in [6.07, 6.45) is 4.80. The molecule has 2 heterocycles. The van der Waals surface area contributed by atoms with E-state index in [2.05, 4.69) is 41.5 Å². The van der Waals surface area contributed by atoms with Gasteiger partial charge in [0.2, 0.25) is 11.8 Å². The second-order valence-electron chi connectivity index (χ2n) is 8.04. The highest BCUT2D eigenvalue weighted by Crippen LogP contribution is 2.22. The van der Waals surface area contributed by atoms with E-state index in [-0.39, 0.29) is 17.6 Å². The molecule has 168 valence electrons. The van der Waals surface area contributed by atoms with E-state index in [9.17, 15) is 9.59 Å². The van der Waals surface area contributed by atoms with Gasteiger partial charge in [-0.3, -0.25) is 9.59 Å². The quantitative estimate of drug-likeness (QED) is 0.580. The average Bonchev–Trinajstić information content (AvgIpc) is 3.05. The fraction of sp³-hybridized carbons (Fsp3) is 0.565. The first-order chi connectivity index (χ1) is 15.0. The van der Waals surface area contributed by atoms with Crippen LogP contribution in [0.15, 0.2) is 29.4 Å². The standard InChI is InChI=1S/C23H33N5O2S/c1-4-17(3)18-10-12-19(13-11-18)24-21(29)16-31-23-26-25-20(28(23)5-2)15-27-14-8-6-7-9-22(27)30/h10-13,17H,4-9,14-16H2,1-3H3,(H,24,29)/t17-/m0/s1. The molecule has 1 atom stereocenters. The zero-order valence-corrected chi connectivity index (χ0v) is 19.6. The summed E-state index contributed by atoms with van der Waals surface area (Å²) in [5.74, 6) is 1.67. The number of benzene rings is 1. The zero-order chi connectivity index (χ0) is 22.2. The van der Waals surface area contributed by atoms with E-state index in [0.717, 1.165) is 43.7 Å². The number of carbonyl (C=O) groups is 2. The Balaban J connectivity index is 1.56. The Morgan fingerprint density at radius 2 is 1.94 bits per heavy atom. The number of nitrogens with one attached hydrogen (secondary N) is 1. The third kappa shape index (κ3) is 6.32. The monoisotopic (exact) mass is 443 g/mol. The molecule has 7 nitrogen and oxygen atoms in total. The van der Waals surface area contributed by atoms with Gasteiger partial charge in [-0.25, -0.2) is 0 Å². The van der Waals surface area contributed by atoms with Crippen LogP contribution in [0.25, 0.3) is 0 Å². The molecule has 1 aliphatic heterocycles. The maximum atomic E-state index is 12.4.